The van der Waals surface area contributed by atoms with Crippen LogP contribution < -0.4 is 19.7 Å². The van der Waals surface area contributed by atoms with Gasteiger partial charge in [0.05, 0.1) is 24.6 Å². The number of hydrogen-bond donors (Lipinski definition) is 1. The molecule has 3 aromatic rings. The van der Waals surface area contributed by atoms with Gasteiger partial charge in [-0.05, 0) is 81.4 Å². The first kappa shape index (κ1) is 25.3. The molecular formula is C28H29N3O4S. The minimum Gasteiger partial charge on any atom is -0.494 e. The third-order valence-corrected chi connectivity index (χ3v) is 6.59. The van der Waals surface area contributed by atoms with E-state index in [1.807, 2.05) is 93.6 Å². The number of amidine groups is 1. The number of hydrogen-bond acceptors (Lipinski definition) is 6. The second-order valence-electron chi connectivity index (χ2n) is 8.14. The summed E-state index contributed by atoms with van der Waals surface area (Å²) < 4.78 is 11.1. The topological polar surface area (TPSA) is 80.2 Å². The number of carbonyl (C=O) groups is 2. The zero-order valence-corrected chi connectivity index (χ0v) is 21.4. The van der Waals surface area contributed by atoms with E-state index in [2.05, 4.69) is 5.32 Å². The number of ether oxygens (including phenoxy) is 2. The Balaban J connectivity index is 1.62. The van der Waals surface area contributed by atoms with E-state index in [1.54, 1.807) is 4.90 Å². The SMILES string of the molecule is CCOc1ccc(N=C2S[C@H](C(=O)Nc3ccc(C)cc3)CC(=O)N2c2ccc(OCC)cc2)cc1. The van der Waals surface area contributed by atoms with E-state index in [9.17, 15) is 9.59 Å². The monoisotopic (exact) mass is 503 g/mol. The van der Waals surface area contributed by atoms with Crippen molar-refractivity contribution in [3.05, 3.63) is 78.4 Å². The van der Waals surface area contributed by atoms with Gasteiger partial charge in [0, 0.05) is 12.1 Å². The van der Waals surface area contributed by atoms with Gasteiger partial charge in [0.25, 0.3) is 0 Å². The van der Waals surface area contributed by atoms with Gasteiger partial charge in [-0.25, -0.2) is 4.99 Å². The smallest absolute Gasteiger partial charge is 0.238 e. The largest absolute Gasteiger partial charge is 0.494 e. The van der Waals surface area contributed by atoms with E-state index in [0.29, 0.717) is 35.4 Å². The van der Waals surface area contributed by atoms with Crippen molar-refractivity contribution in [1.29, 1.82) is 0 Å². The maximum atomic E-state index is 13.4. The van der Waals surface area contributed by atoms with Crippen molar-refractivity contribution in [1.82, 2.24) is 0 Å². The molecule has 2 amide bonds. The van der Waals surface area contributed by atoms with Gasteiger partial charge in [0.2, 0.25) is 11.8 Å². The molecule has 1 aliphatic rings. The van der Waals surface area contributed by atoms with E-state index in [0.717, 1.165) is 17.1 Å². The van der Waals surface area contributed by atoms with Crippen molar-refractivity contribution in [2.24, 2.45) is 4.99 Å². The summed E-state index contributed by atoms with van der Waals surface area (Å²) in [6.07, 6.45) is 0.0534. The van der Waals surface area contributed by atoms with Gasteiger partial charge in [0.1, 0.15) is 16.7 Å². The summed E-state index contributed by atoms with van der Waals surface area (Å²) in [6.45, 7) is 6.96. The molecule has 0 spiro atoms. The summed E-state index contributed by atoms with van der Waals surface area (Å²) >= 11 is 1.27. The predicted octanol–water partition coefficient (Wildman–Crippen LogP) is 5.96. The molecule has 1 aliphatic heterocycles. The van der Waals surface area contributed by atoms with Crippen LogP contribution in [0.3, 0.4) is 0 Å². The summed E-state index contributed by atoms with van der Waals surface area (Å²) in [7, 11) is 0. The number of nitrogens with zero attached hydrogens (tertiary/aromatic N) is 2. The van der Waals surface area contributed by atoms with Crippen LogP contribution in [0, 0.1) is 6.92 Å². The standard InChI is InChI=1S/C28H29N3O4S/c1-4-34-23-14-10-21(11-15-23)30-28-31(22-12-16-24(17-13-22)35-5-2)26(32)18-25(36-28)27(33)29-20-8-6-19(3)7-9-20/h6-17,25H,4-5,18H2,1-3H3,(H,29,33)/t25-/m0/s1. The quantitative estimate of drug-likeness (QED) is 0.410. The zero-order valence-electron chi connectivity index (χ0n) is 20.6. The summed E-state index contributed by atoms with van der Waals surface area (Å²) in [5.74, 6) is 1.03. The van der Waals surface area contributed by atoms with Crippen LogP contribution in [-0.2, 0) is 9.59 Å². The Morgan fingerprint density at radius 1 is 0.944 bits per heavy atom. The molecular weight excluding hydrogens is 474 g/mol. The fourth-order valence-corrected chi connectivity index (χ4v) is 4.78. The highest BCUT2D eigenvalue weighted by atomic mass is 32.2. The lowest BCUT2D eigenvalue weighted by atomic mass is 10.2. The van der Waals surface area contributed by atoms with E-state index in [1.165, 1.54) is 11.8 Å². The number of aliphatic imine (C=N–C) groups is 1. The summed E-state index contributed by atoms with van der Waals surface area (Å²) in [6, 6.07) is 22.2. The molecule has 3 aromatic carbocycles. The van der Waals surface area contributed by atoms with Gasteiger partial charge in [-0.3, -0.25) is 14.5 Å². The summed E-state index contributed by atoms with van der Waals surface area (Å²) in [4.78, 5) is 32.8. The van der Waals surface area contributed by atoms with Crippen LogP contribution in [0.25, 0.3) is 0 Å². The molecule has 8 heteroatoms. The molecule has 0 bridgehead atoms. The molecule has 0 aliphatic carbocycles. The molecule has 4 rings (SSSR count). The van der Waals surface area contributed by atoms with E-state index in [4.69, 9.17) is 14.5 Å². The Morgan fingerprint density at radius 3 is 2.11 bits per heavy atom. The molecule has 0 saturated carbocycles. The van der Waals surface area contributed by atoms with Crippen LogP contribution in [-0.4, -0.2) is 35.4 Å². The van der Waals surface area contributed by atoms with E-state index < -0.39 is 5.25 Å². The van der Waals surface area contributed by atoms with Gasteiger partial charge in [-0.2, -0.15) is 0 Å². The van der Waals surface area contributed by atoms with Crippen molar-refractivity contribution in [3.63, 3.8) is 0 Å². The van der Waals surface area contributed by atoms with Crippen LogP contribution in [0.15, 0.2) is 77.8 Å². The molecule has 0 unspecified atom stereocenters. The molecule has 7 nitrogen and oxygen atoms in total. The minimum absolute atomic E-state index is 0.0534. The fourth-order valence-electron chi connectivity index (χ4n) is 3.67. The van der Waals surface area contributed by atoms with Crippen molar-refractivity contribution >= 4 is 45.8 Å². The third kappa shape index (κ3) is 6.26. The second-order valence-corrected chi connectivity index (χ2v) is 9.31. The molecule has 1 fully saturated rings. The number of aryl methyl sites for hydroxylation is 1. The first-order valence-electron chi connectivity index (χ1n) is 11.9. The molecule has 1 saturated heterocycles. The second kappa shape index (κ2) is 11.8. The number of anilines is 2. The number of carbonyl (C=O) groups excluding carboxylic acids is 2. The molecule has 186 valence electrons. The molecule has 1 heterocycles. The third-order valence-electron chi connectivity index (χ3n) is 5.44. The van der Waals surface area contributed by atoms with Crippen LogP contribution in [0.5, 0.6) is 11.5 Å². The van der Waals surface area contributed by atoms with Gasteiger partial charge in [-0.1, -0.05) is 29.5 Å². The van der Waals surface area contributed by atoms with Crippen molar-refractivity contribution in [3.8, 4) is 11.5 Å². The van der Waals surface area contributed by atoms with Crippen LogP contribution >= 0.6 is 11.8 Å². The number of rotatable bonds is 8. The number of nitrogens with one attached hydrogen (secondary N) is 1. The highest BCUT2D eigenvalue weighted by molar-refractivity contribution is 8.15. The number of amides is 2. The average Bonchev–Trinajstić information content (AvgIpc) is 2.87. The fraction of sp³-hybridized carbons (Fsp3) is 0.250. The Bertz CT molecular complexity index is 1230. The Labute approximate surface area is 215 Å². The van der Waals surface area contributed by atoms with Crippen LogP contribution in [0.4, 0.5) is 17.1 Å². The number of thioether (sulfide) groups is 1. The van der Waals surface area contributed by atoms with E-state index >= 15 is 0 Å². The van der Waals surface area contributed by atoms with E-state index in [-0.39, 0.29) is 18.2 Å². The Morgan fingerprint density at radius 2 is 1.53 bits per heavy atom. The Kier molecular flexibility index (Phi) is 8.28. The molecule has 1 atom stereocenters. The van der Waals surface area contributed by atoms with Crippen molar-refractivity contribution < 1.29 is 19.1 Å². The maximum Gasteiger partial charge on any atom is 0.238 e. The van der Waals surface area contributed by atoms with Crippen LogP contribution in [0.1, 0.15) is 25.8 Å². The number of benzene rings is 3. The molecule has 0 aromatic heterocycles. The highest BCUT2D eigenvalue weighted by Crippen LogP contribution is 2.34. The first-order valence-corrected chi connectivity index (χ1v) is 12.8. The Hall–Kier alpha value is -3.78. The lowest BCUT2D eigenvalue weighted by molar-refractivity contribution is -0.121. The van der Waals surface area contributed by atoms with Gasteiger partial charge < -0.3 is 14.8 Å². The highest BCUT2D eigenvalue weighted by Gasteiger charge is 2.37. The lowest BCUT2D eigenvalue weighted by Crippen LogP contribution is -2.45. The predicted molar refractivity (Wildman–Crippen MR) is 146 cm³/mol. The molecule has 1 N–H and O–H groups in total. The average molecular weight is 504 g/mol. The first-order chi connectivity index (χ1) is 17.5. The molecule has 0 radical (unpaired) electrons. The van der Waals surface area contributed by atoms with Crippen LogP contribution in [0.2, 0.25) is 0 Å². The zero-order chi connectivity index (χ0) is 25.5. The summed E-state index contributed by atoms with van der Waals surface area (Å²) in [5, 5.41) is 2.74. The lowest BCUT2D eigenvalue weighted by Gasteiger charge is -2.32. The van der Waals surface area contributed by atoms with Gasteiger partial charge in [0.15, 0.2) is 5.17 Å². The van der Waals surface area contributed by atoms with Gasteiger partial charge >= 0.3 is 0 Å². The van der Waals surface area contributed by atoms with Crippen molar-refractivity contribution in [2.45, 2.75) is 32.4 Å². The summed E-state index contributed by atoms with van der Waals surface area (Å²) in [5.41, 5.74) is 3.12. The van der Waals surface area contributed by atoms with Gasteiger partial charge in [-0.15, -0.1) is 0 Å². The minimum atomic E-state index is -0.612. The maximum absolute atomic E-state index is 13.4. The van der Waals surface area contributed by atoms with Crippen molar-refractivity contribution in [2.75, 3.05) is 23.4 Å². The molecule has 36 heavy (non-hydrogen) atoms. The normalized spacial score (nSPS) is 16.6.